The van der Waals surface area contributed by atoms with Crippen molar-refractivity contribution >= 4 is 21.9 Å². The molecular weight excluding hydrogens is 368 g/mol. The molecule has 3 heteroatoms. The van der Waals surface area contributed by atoms with Crippen molar-refractivity contribution in [2.45, 2.75) is 13.8 Å². The molecule has 0 atom stereocenters. The molecule has 144 valence electrons. The lowest BCUT2D eigenvalue weighted by Crippen LogP contribution is -2.30. The lowest BCUT2D eigenvalue weighted by Gasteiger charge is -2.05. The third kappa shape index (κ3) is 2.77. The average Bonchev–Trinajstić information content (AvgIpc) is 3.11. The van der Waals surface area contributed by atoms with Gasteiger partial charge in [0.05, 0.1) is 17.2 Å². The fraction of sp³-hybridized carbons (Fsp3) is 0.111. The summed E-state index contributed by atoms with van der Waals surface area (Å²) >= 11 is 0. The molecule has 5 aromatic rings. The minimum absolute atomic E-state index is 0.654. The van der Waals surface area contributed by atoms with Crippen molar-refractivity contribution in [2.24, 2.45) is 7.05 Å². The number of rotatable bonds is 2. The number of pyridine rings is 1. The first kappa shape index (κ1) is 18.1. The van der Waals surface area contributed by atoms with Crippen molar-refractivity contribution in [3.63, 3.8) is 0 Å². The lowest BCUT2D eigenvalue weighted by atomic mass is 9.96. The number of furan rings is 1. The monoisotopic (exact) mass is 389 g/mol. The van der Waals surface area contributed by atoms with Crippen LogP contribution < -0.4 is 4.57 Å². The molecule has 0 amide bonds. The summed E-state index contributed by atoms with van der Waals surface area (Å²) in [7, 11) is 2.04. The molecule has 0 radical (unpaired) electrons. The van der Waals surface area contributed by atoms with Crippen molar-refractivity contribution in [2.75, 3.05) is 0 Å². The van der Waals surface area contributed by atoms with E-state index in [1.54, 1.807) is 0 Å². The number of aromatic nitrogens is 1. The average molecular weight is 389 g/mol. The number of benzene rings is 3. The molecule has 0 fully saturated rings. The van der Waals surface area contributed by atoms with Crippen molar-refractivity contribution in [1.29, 1.82) is 5.26 Å². The van der Waals surface area contributed by atoms with Gasteiger partial charge in [0.25, 0.3) is 0 Å². The Morgan fingerprint density at radius 3 is 2.43 bits per heavy atom. The summed E-state index contributed by atoms with van der Waals surface area (Å²) < 4.78 is 8.54. The van der Waals surface area contributed by atoms with Gasteiger partial charge in [0.1, 0.15) is 18.2 Å². The zero-order chi connectivity index (χ0) is 20.8. The smallest absolute Gasteiger partial charge is 0.216 e. The van der Waals surface area contributed by atoms with Crippen LogP contribution >= 0.6 is 0 Å². The Labute approximate surface area is 175 Å². The van der Waals surface area contributed by atoms with Crippen molar-refractivity contribution < 1.29 is 8.98 Å². The molecule has 0 aliphatic carbocycles. The summed E-state index contributed by atoms with van der Waals surface area (Å²) in [5, 5.41) is 11.8. The fourth-order valence-electron chi connectivity index (χ4n) is 4.15. The summed E-state index contributed by atoms with van der Waals surface area (Å²) in [5.74, 6) is 0. The number of aryl methyl sites for hydroxylation is 3. The molecule has 5 rings (SSSR count). The second-order valence-electron chi connectivity index (χ2n) is 7.80. The number of hydrogen-bond donors (Lipinski definition) is 0. The van der Waals surface area contributed by atoms with Crippen LogP contribution in [0.15, 0.2) is 77.3 Å². The highest BCUT2D eigenvalue weighted by Crippen LogP contribution is 2.39. The topological polar surface area (TPSA) is 40.8 Å². The summed E-state index contributed by atoms with van der Waals surface area (Å²) in [5.41, 5.74) is 8.75. The Bertz CT molecular complexity index is 1470. The van der Waals surface area contributed by atoms with E-state index in [2.05, 4.69) is 66.9 Å². The second-order valence-corrected chi connectivity index (χ2v) is 7.80. The van der Waals surface area contributed by atoms with E-state index in [0.29, 0.717) is 5.56 Å². The standard InChI is InChI=1S/C27H21N2O/c1-17-7-10-19(11-8-17)22-15-25-23(14-20(22)16-28)21-12-9-18(2)26(27(21)30-25)24-6-4-5-13-29(24)3/h4-15H,1-3H3/q+1. The molecule has 30 heavy (non-hydrogen) atoms. The number of nitrogens with zero attached hydrogens (tertiary/aromatic N) is 2. The summed E-state index contributed by atoms with van der Waals surface area (Å²) in [6, 6.07) is 25.0. The van der Waals surface area contributed by atoms with E-state index < -0.39 is 0 Å². The normalized spacial score (nSPS) is 11.1. The lowest BCUT2D eigenvalue weighted by molar-refractivity contribution is -0.660. The van der Waals surface area contributed by atoms with Crippen LogP contribution in [0.5, 0.6) is 0 Å². The number of hydrogen-bond acceptors (Lipinski definition) is 2. The SMILES string of the molecule is Cc1ccc(-c2cc3oc4c(-c5cccc[n+]5C)c(C)ccc4c3cc2C#N)cc1. The molecule has 0 saturated heterocycles. The van der Waals surface area contributed by atoms with E-state index in [1.807, 2.05) is 37.5 Å². The number of nitriles is 1. The van der Waals surface area contributed by atoms with Crippen molar-refractivity contribution in [3.05, 3.63) is 89.6 Å². The molecule has 3 nitrogen and oxygen atoms in total. The van der Waals surface area contributed by atoms with Crippen molar-refractivity contribution in [1.82, 2.24) is 0 Å². The van der Waals surface area contributed by atoms with E-state index in [9.17, 15) is 5.26 Å². The van der Waals surface area contributed by atoms with Crippen LogP contribution in [0.4, 0.5) is 0 Å². The van der Waals surface area contributed by atoms with E-state index >= 15 is 0 Å². The van der Waals surface area contributed by atoms with E-state index in [-0.39, 0.29) is 0 Å². The Morgan fingerprint density at radius 1 is 0.900 bits per heavy atom. The van der Waals surface area contributed by atoms with Gasteiger partial charge in [0, 0.05) is 28.5 Å². The van der Waals surface area contributed by atoms with E-state index in [1.165, 1.54) is 5.56 Å². The first-order valence-electron chi connectivity index (χ1n) is 9.99. The van der Waals surface area contributed by atoms with Crippen LogP contribution in [0.1, 0.15) is 16.7 Å². The number of fused-ring (bicyclic) bond motifs is 3. The molecule has 3 aromatic carbocycles. The van der Waals surface area contributed by atoms with Crippen LogP contribution in [0.25, 0.3) is 44.3 Å². The molecule has 0 aliphatic rings. The summed E-state index contributed by atoms with van der Waals surface area (Å²) in [6.45, 7) is 4.16. The first-order valence-corrected chi connectivity index (χ1v) is 9.99. The highest BCUT2D eigenvalue weighted by Gasteiger charge is 2.21. The predicted octanol–water partition coefficient (Wildman–Crippen LogP) is 6.23. The zero-order valence-corrected chi connectivity index (χ0v) is 17.2. The Kier molecular flexibility index (Phi) is 4.15. The van der Waals surface area contributed by atoms with Crippen LogP contribution in [-0.2, 0) is 7.05 Å². The molecule has 0 bridgehead atoms. The predicted molar refractivity (Wildman–Crippen MR) is 120 cm³/mol. The second kappa shape index (κ2) is 6.86. The quantitative estimate of drug-likeness (QED) is 0.336. The minimum atomic E-state index is 0.654. The fourth-order valence-corrected chi connectivity index (χ4v) is 4.15. The van der Waals surface area contributed by atoms with Gasteiger partial charge in [0.15, 0.2) is 6.20 Å². The molecule has 0 aliphatic heterocycles. The molecule has 2 aromatic heterocycles. The molecule has 2 heterocycles. The Balaban J connectivity index is 1.84. The molecule has 0 spiro atoms. The Morgan fingerprint density at radius 2 is 1.70 bits per heavy atom. The first-order chi connectivity index (χ1) is 14.6. The maximum absolute atomic E-state index is 9.83. The van der Waals surface area contributed by atoms with Crippen LogP contribution in [0, 0.1) is 25.2 Å². The Hall–Kier alpha value is -3.90. The van der Waals surface area contributed by atoms with Crippen LogP contribution in [-0.4, -0.2) is 0 Å². The van der Waals surface area contributed by atoms with Gasteiger partial charge in [-0.25, -0.2) is 4.57 Å². The van der Waals surface area contributed by atoms with Gasteiger partial charge in [-0.1, -0.05) is 42.0 Å². The maximum atomic E-state index is 9.83. The van der Waals surface area contributed by atoms with E-state index in [0.717, 1.165) is 49.9 Å². The summed E-state index contributed by atoms with van der Waals surface area (Å²) in [6.07, 6.45) is 2.04. The van der Waals surface area contributed by atoms with Crippen LogP contribution in [0.3, 0.4) is 0 Å². The molecule has 0 unspecified atom stereocenters. The van der Waals surface area contributed by atoms with Gasteiger partial charge >= 0.3 is 0 Å². The van der Waals surface area contributed by atoms with Gasteiger partial charge in [-0.3, -0.25) is 0 Å². The highest BCUT2D eigenvalue weighted by atomic mass is 16.3. The van der Waals surface area contributed by atoms with Gasteiger partial charge in [-0.2, -0.15) is 5.26 Å². The van der Waals surface area contributed by atoms with Gasteiger partial charge in [-0.15, -0.1) is 0 Å². The third-order valence-electron chi connectivity index (χ3n) is 5.78. The van der Waals surface area contributed by atoms with Gasteiger partial charge in [0.2, 0.25) is 5.69 Å². The van der Waals surface area contributed by atoms with Gasteiger partial charge < -0.3 is 4.42 Å². The molecule has 0 saturated carbocycles. The minimum Gasteiger partial charge on any atom is -0.455 e. The zero-order valence-electron chi connectivity index (χ0n) is 17.2. The van der Waals surface area contributed by atoms with Crippen molar-refractivity contribution in [3.8, 4) is 28.5 Å². The van der Waals surface area contributed by atoms with Crippen LogP contribution in [0.2, 0.25) is 0 Å². The molecule has 0 N–H and O–H groups in total. The summed E-state index contributed by atoms with van der Waals surface area (Å²) in [4.78, 5) is 0. The third-order valence-corrected chi connectivity index (χ3v) is 5.78. The largest absolute Gasteiger partial charge is 0.455 e. The molecular formula is C27H21N2O+. The highest BCUT2D eigenvalue weighted by molar-refractivity contribution is 6.11. The van der Waals surface area contributed by atoms with Gasteiger partial charge in [-0.05, 0) is 43.2 Å². The maximum Gasteiger partial charge on any atom is 0.216 e. The van der Waals surface area contributed by atoms with E-state index in [4.69, 9.17) is 4.42 Å².